The summed E-state index contributed by atoms with van der Waals surface area (Å²) in [6.07, 6.45) is 0.813. The molecule has 0 fully saturated rings. The molecule has 20 heavy (non-hydrogen) atoms. The second kappa shape index (κ2) is 5.32. The van der Waals surface area contributed by atoms with Crippen molar-refractivity contribution in [3.05, 3.63) is 41.5 Å². The van der Waals surface area contributed by atoms with Gasteiger partial charge in [0, 0.05) is 12.2 Å². The third-order valence-corrected chi connectivity index (χ3v) is 3.27. The number of anilines is 1. The number of para-hydroxylation sites is 1. The first-order chi connectivity index (χ1) is 9.78. The number of nitrogens with zero attached hydrogens (tertiary/aromatic N) is 2. The number of ether oxygens (including phenoxy) is 1. The summed E-state index contributed by atoms with van der Waals surface area (Å²) >= 11 is 0. The monoisotopic (exact) mass is 273 g/mol. The molecule has 0 saturated carbocycles. The Bertz CT molecular complexity index is 624. The zero-order chi connectivity index (χ0) is 13.9. The van der Waals surface area contributed by atoms with Crippen molar-refractivity contribution in [3.8, 4) is 0 Å². The minimum atomic E-state index is -0.549. The largest absolute Gasteiger partial charge is 0.460 e. The number of hydrogen-bond donors (Lipinski definition) is 1. The van der Waals surface area contributed by atoms with E-state index in [2.05, 4.69) is 21.5 Å². The summed E-state index contributed by atoms with van der Waals surface area (Å²) < 4.78 is 10.0. The molecule has 1 N–H and O–H groups in total. The van der Waals surface area contributed by atoms with Gasteiger partial charge in [0.05, 0.1) is 12.5 Å². The molecule has 2 aromatic rings. The molecule has 0 saturated heterocycles. The zero-order valence-electron chi connectivity index (χ0n) is 11.1. The van der Waals surface area contributed by atoms with Gasteiger partial charge >= 0.3 is 5.97 Å². The Morgan fingerprint density at radius 3 is 3.20 bits per heavy atom. The van der Waals surface area contributed by atoms with Gasteiger partial charge in [-0.2, -0.15) is 4.98 Å². The third-order valence-electron chi connectivity index (χ3n) is 3.27. The first-order valence-electron chi connectivity index (χ1n) is 6.60. The molecule has 1 atom stereocenters. The SMILES string of the molecule is CCOC(=O)c1noc(C2CNc3ccccc3C2)n1. The minimum Gasteiger partial charge on any atom is -0.460 e. The van der Waals surface area contributed by atoms with Gasteiger partial charge < -0.3 is 14.6 Å². The van der Waals surface area contributed by atoms with Crippen LogP contribution in [0.15, 0.2) is 28.8 Å². The summed E-state index contributed by atoms with van der Waals surface area (Å²) in [5.41, 5.74) is 2.34. The van der Waals surface area contributed by atoms with Gasteiger partial charge in [0.2, 0.25) is 5.89 Å². The average molecular weight is 273 g/mol. The van der Waals surface area contributed by atoms with Crippen LogP contribution in [0.1, 0.15) is 34.9 Å². The summed E-state index contributed by atoms with van der Waals surface area (Å²) in [4.78, 5) is 15.6. The molecule has 0 radical (unpaired) electrons. The van der Waals surface area contributed by atoms with E-state index in [1.807, 2.05) is 18.2 Å². The number of aromatic nitrogens is 2. The van der Waals surface area contributed by atoms with Crippen molar-refractivity contribution in [2.75, 3.05) is 18.5 Å². The number of fused-ring (bicyclic) bond motifs is 1. The fourth-order valence-electron chi connectivity index (χ4n) is 2.30. The number of benzene rings is 1. The molecule has 6 heteroatoms. The van der Waals surface area contributed by atoms with Gasteiger partial charge in [-0.25, -0.2) is 4.79 Å². The molecule has 0 bridgehead atoms. The predicted octanol–water partition coefficient (Wildman–Crippen LogP) is 2.00. The second-order valence-electron chi connectivity index (χ2n) is 4.62. The summed E-state index contributed by atoms with van der Waals surface area (Å²) in [6.45, 7) is 2.74. The van der Waals surface area contributed by atoms with Gasteiger partial charge in [-0.3, -0.25) is 0 Å². The van der Waals surface area contributed by atoms with Crippen LogP contribution in [-0.2, 0) is 11.2 Å². The fourth-order valence-corrected chi connectivity index (χ4v) is 2.30. The van der Waals surface area contributed by atoms with E-state index in [4.69, 9.17) is 9.26 Å². The number of rotatable bonds is 3. The van der Waals surface area contributed by atoms with Gasteiger partial charge in [0.1, 0.15) is 0 Å². The molecule has 6 nitrogen and oxygen atoms in total. The maximum atomic E-state index is 11.5. The maximum absolute atomic E-state index is 11.5. The van der Waals surface area contributed by atoms with Crippen LogP contribution in [0.25, 0.3) is 0 Å². The van der Waals surface area contributed by atoms with Gasteiger partial charge in [-0.05, 0) is 30.1 Å². The maximum Gasteiger partial charge on any atom is 0.379 e. The first kappa shape index (κ1) is 12.7. The van der Waals surface area contributed by atoms with Crippen LogP contribution in [0.5, 0.6) is 0 Å². The first-order valence-corrected chi connectivity index (χ1v) is 6.60. The van der Waals surface area contributed by atoms with E-state index in [-0.39, 0.29) is 11.7 Å². The van der Waals surface area contributed by atoms with Crippen LogP contribution in [0.2, 0.25) is 0 Å². The highest BCUT2D eigenvalue weighted by molar-refractivity contribution is 5.84. The highest BCUT2D eigenvalue weighted by Gasteiger charge is 2.26. The summed E-state index contributed by atoms with van der Waals surface area (Å²) in [7, 11) is 0. The molecule has 0 spiro atoms. The normalized spacial score (nSPS) is 17.1. The van der Waals surface area contributed by atoms with Crippen LogP contribution in [0.3, 0.4) is 0 Å². The van der Waals surface area contributed by atoms with E-state index >= 15 is 0 Å². The predicted molar refractivity (Wildman–Crippen MR) is 71.6 cm³/mol. The van der Waals surface area contributed by atoms with Crippen molar-refractivity contribution < 1.29 is 14.1 Å². The highest BCUT2D eigenvalue weighted by Crippen LogP contribution is 2.29. The molecule has 0 amide bonds. The molecule has 1 aromatic carbocycles. The van der Waals surface area contributed by atoms with Crippen LogP contribution in [-0.4, -0.2) is 29.3 Å². The van der Waals surface area contributed by atoms with Gasteiger partial charge in [0.15, 0.2) is 0 Å². The summed E-state index contributed by atoms with van der Waals surface area (Å²) in [6, 6.07) is 8.11. The molecule has 2 heterocycles. The second-order valence-corrected chi connectivity index (χ2v) is 4.62. The molecule has 1 unspecified atom stereocenters. The molecule has 104 valence electrons. The van der Waals surface area contributed by atoms with Crippen LogP contribution in [0, 0.1) is 0 Å². The highest BCUT2D eigenvalue weighted by atomic mass is 16.5. The van der Waals surface area contributed by atoms with Crippen LogP contribution >= 0.6 is 0 Å². The molecule has 1 aromatic heterocycles. The van der Waals surface area contributed by atoms with Crippen molar-refractivity contribution in [1.29, 1.82) is 0 Å². The summed E-state index contributed by atoms with van der Waals surface area (Å²) in [5.74, 6) is -0.0250. The van der Waals surface area contributed by atoms with Crippen molar-refractivity contribution in [3.63, 3.8) is 0 Å². The van der Waals surface area contributed by atoms with E-state index in [1.165, 1.54) is 5.56 Å². The molecule has 3 rings (SSSR count). The summed E-state index contributed by atoms with van der Waals surface area (Å²) in [5, 5.41) is 7.01. The van der Waals surface area contributed by atoms with E-state index in [9.17, 15) is 4.79 Å². The standard InChI is InChI=1S/C14H15N3O3/c1-2-19-14(18)12-16-13(20-17-12)10-7-9-5-3-4-6-11(9)15-8-10/h3-6,10,15H,2,7-8H2,1H3. The minimum absolute atomic E-state index is 0.0132. The third kappa shape index (κ3) is 2.36. The lowest BCUT2D eigenvalue weighted by atomic mass is 9.94. The van der Waals surface area contributed by atoms with Crippen molar-refractivity contribution in [1.82, 2.24) is 10.1 Å². The average Bonchev–Trinajstić information content (AvgIpc) is 2.97. The van der Waals surface area contributed by atoms with Gasteiger partial charge in [-0.15, -0.1) is 0 Å². The number of hydrogen-bond acceptors (Lipinski definition) is 6. The fraction of sp³-hybridized carbons (Fsp3) is 0.357. The molecule has 1 aliphatic heterocycles. The van der Waals surface area contributed by atoms with E-state index in [0.29, 0.717) is 19.0 Å². The van der Waals surface area contributed by atoms with Crippen LogP contribution in [0.4, 0.5) is 5.69 Å². The zero-order valence-corrected chi connectivity index (χ0v) is 11.1. The molecule has 0 aliphatic carbocycles. The van der Waals surface area contributed by atoms with E-state index < -0.39 is 5.97 Å². The Kier molecular flexibility index (Phi) is 3.37. The lowest BCUT2D eigenvalue weighted by Crippen LogP contribution is -2.21. The Labute approximate surface area is 116 Å². The number of esters is 1. The van der Waals surface area contributed by atoms with E-state index in [1.54, 1.807) is 6.92 Å². The Hall–Kier alpha value is -2.37. The lowest BCUT2D eigenvalue weighted by molar-refractivity contribution is 0.0508. The Balaban J connectivity index is 1.77. The number of carbonyl (C=O) groups is 1. The van der Waals surface area contributed by atoms with Crippen molar-refractivity contribution in [2.24, 2.45) is 0 Å². The quantitative estimate of drug-likeness (QED) is 0.862. The lowest BCUT2D eigenvalue weighted by Gasteiger charge is -2.23. The van der Waals surface area contributed by atoms with Crippen molar-refractivity contribution >= 4 is 11.7 Å². The molecule has 1 aliphatic rings. The van der Waals surface area contributed by atoms with Crippen LogP contribution < -0.4 is 5.32 Å². The van der Waals surface area contributed by atoms with Gasteiger partial charge in [0.25, 0.3) is 5.82 Å². The van der Waals surface area contributed by atoms with E-state index in [0.717, 1.165) is 12.1 Å². The molecular formula is C14H15N3O3. The number of carbonyl (C=O) groups excluding carboxylic acids is 1. The van der Waals surface area contributed by atoms with Gasteiger partial charge in [-0.1, -0.05) is 18.2 Å². The molecular weight excluding hydrogens is 258 g/mol. The topological polar surface area (TPSA) is 77.2 Å². The number of nitrogens with one attached hydrogen (secondary N) is 1. The Morgan fingerprint density at radius 1 is 1.50 bits per heavy atom. The smallest absolute Gasteiger partial charge is 0.379 e. The Morgan fingerprint density at radius 2 is 2.35 bits per heavy atom. The van der Waals surface area contributed by atoms with Crippen molar-refractivity contribution in [2.45, 2.75) is 19.3 Å².